The lowest BCUT2D eigenvalue weighted by Crippen LogP contribution is -2.18. The number of hydrogen-bond acceptors (Lipinski definition) is 4. The van der Waals surface area contributed by atoms with Crippen molar-refractivity contribution in [1.29, 1.82) is 0 Å². The van der Waals surface area contributed by atoms with Gasteiger partial charge in [-0.2, -0.15) is 0 Å². The molecule has 0 saturated carbocycles. The van der Waals surface area contributed by atoms with Crippen LogP contribution in [0, 0.1) is 6.61 Å². The molecule has 0 heterocycles. The lowest BCUT2D eigenvalue weighted by atomic mass is 10.3. The molecule has 0 aliphatic heterocycles. The van der Waals surface area contributed by atoms with Gasteiger partial charge in [-0.05, 0) is 6.42 Å². The topological polar surface area (TPSA) is 52.6 Å². The summed E-state index contributed by atoms with van der Waals surface area (Å²) < 4.78 is 9.33. The fourth-order valence-electron chi connectivity index (χ4n) is 0.592. The van der Waals surface area contributed by atoms with Crippen LogP contribution in [0.1, 0.15) is 27.2 Å². The highest BCUT2D eigenvalue weighted by Crippen LogP contribution is 2.03. The summed E-state index contributed by atoms with van der Waals surface area (Å²) in [6.45, 7) is 5.65. The van der Waals surface area contributed by atoms with Crippen LogP contribution >= 0.6 is 0 Å². The lowest BCUT2D eigenvalue weighted by molar-refractivity contribution is -0.151. The van der Waals surface area contributed by atoms with Gasteiger partial charge in [-0.1, -0.05) is 6.92 Å². The summed E-state index contributed by atoms with van der Waals surface area (Å²) >= 11 is 0. The van der Waals surface area contributed by atoms with E-state index in [4.69, 9.17) is 4.74 Å². The zero-order valence-electron chi connectivity index (χ0n) is 7.49. The van der Waals surface area contributed by atoms with Crippen LogP contribution < -0.4 is 0 Å². The molecular weight excluding hydrogens is 160 g/mol. The van der Waals surface area contributed by atoms with Crippen molar-refractivity contribution >= 4 is 11.9 Å². The predicted octanol–water partition coefficient (Wildman–Crippen LogP) is 1.05. The zero-order chi connectivity index (χ0) is 9.56. The maximum absolute atomic E-state index is 10.5. The van der Waals surface area contributed by atoms with E-state index in [2.05, 4.69) is 4.74 Å². The molecule has 0 aromatic carbocycles. The Hall–Kier alpha value is -1.06. The third-order valence-electron chi connectivity index (χ3n) is 1.11. The summed E-state index contributed by atoms with van der Waals surface area (Å²) in [6.07, 6.45) is 0.152. The third kappa shape index (κ3) is 5.70. The lowest BCUT2D eigenvalue weighted by Gasteiger charge is -2.12. The normalized spacial score (nSPS) is 11.9. The minimum atomic E-state index is -0.439. The molecule has 1 atom stereocenters. The Morgan fingerprint density at radius 3 is 2.25 bits per heavy atom. The van der Waals surface area contributed by atoms with Gasteiger partial charge in [-0.15, -0.1) is 0 Å². The summed E-state index contributed by atoms with van der Waals surface area (Å²) in [7, 11) is 0. The Kier molecular flexibility index (Phi) is 5.08. The minimum Gasteiger partial charge on any atom is -0.458 e. The molecule has 1 radical (unpaired) electrons. The molecule has 4 nitrogen and oxygen atoms in total. The molecule has 69 valence electrons. The van der Waals surface area contributed by atoms with Crippen LogP contribution in [0.25, 0.3) is 0 Å². The van der Waals surface area contributed by atoms with Gasteiger partial charge in [-0.25, -0.2) is 0 Å². The number of hydrogen-bond donors (Lipinski definition) is 0. The van der Waals surface area contributed by atoms with Crippen molar-refractivity contribution in [3.05, 3.63) is 6.61 Å². The first-order chi connectivity index (χ1) is 5.56. The maximum atomic E-state index is 10.5. The van der Waals surface area contributed by atoms with Gasteiger partial charge in [-0.3, -0.25) is 9.59 Å². The van der Waals surface area contributed by atoms with Gasteiger partial charge in [0.05, 0.1) is 0 Å². The summed E-state index contributed by atoms with van der Waals surface area (Å²) in [6, 6.07) is 0. The number of carbonyl (C=O) groups excluding carboxylic acids is 2. The van der Waals surface area contributed by atoms with Gasteiger partial charge in [0.25, 0.3) is 0 Å². The van der Waals surface area contributed by atoms with E-state index >= 15 is 0 Å². The molecule has 1 unspecified atom stereocenters. The van der Waals surface area contributed by atoms with E-state index in [1.807, 2.05) is 6.92 Å². The van der Waals surface area contributed by atoms with E-state index in [-0.39, 0.29) is 5.97 Å². The molecule has 0 aromatic rings. The molecule has 0 bridgehead atoms. The second-order valence-corrected chi connectivity index (χ2v) is 2.30. The van der Waals surface area contributed by atoms with Crippen molar-refractivity contribution in [3.8, 4) is 0 Å². The van der Waals surface area contributed by atoms with Crippen LogP contribution in [0.5, 0.6) is 0 Å². The highest BCUT2D eigenvalue weighted by atomic mass is 16.6. The molecule has 0 aromatic heterocycles. The fraction of sp³-hybridized carbons (Fsp3) is 0.625. The third-order valence-corrected chi connectivity index (χ3v) is 1.11. The van der Waals surface area contributed by atoms with E-state index < -0.39 is 12.1 Å². The SMILES string of the molecule is CCC([CH]OC(C)=O)OC(C)=O. The van der Waals surface area contributed by atoms with Crippen molar-refractivity contribution in [2.24, 2.45) is 0 Å². The predicted molar refractivity (Wildman–Crippen MR) is 41.9 cm³/mol. The van der Waals surface area contributed by atoms with E-state index in [1.165, 1.54) is 20.5 Å². The highest BCUT2D eigenvalue weighted by molar-refractivity contribution is 5.67. The smallest absolute Gasteiger partial charge is 0.303 e. The Morgan fingerprint density at radius 2 is 1.92 bits per heavy atom. The Labute approximate surface area is 71.8 Å². The van der Waals surface area contributed by atoms with Crippen LogP contribution in [0.4, 0.5) is 0 Å². The summed E-state index contributed by atoms with van der Waals surface area (Å²) in [5.41, 5.74) is 0. The van der Waals surface area contributed by atoms with Crippen LogP contribution in [0.3, 0.4) is 0 Å². The number of carbonyl (C=O) groups is 2. The molecule has 12 heavy (non-hydrogen) atoms. The van der Waals surface area contributed by atoms with Gasteiger partial charge < -0.3 is 9.47 Å². The van der Waals surface area contributed by atoms with Crippen LogP contribution in [0.2, 0.25) is 0 Å². The van der Waals surface area contributed by atoms with E-state index in [9.17, 15) is 9.59 Å². The average Bonchev–Trinajstić information content (AvgIpc) is 1.97. The number of esters is 2. The monoisotopic (exact) mass is 173 g/mol. The molecule has 0 rings (SSSR count). The maximum Gasteiger partial charge on any atom is 0.303 e. The summed E-state index contributed by atoms with van der Waals surface area (Å²) in [4.78, 5) is 20.8. The first-order valence-electron chi connectivity index (χ1n) is 3.74. The molecule has 0 fully saturated rings. The standard InChI is InChI=1S/C8H13O4/c1-4-8(12-7(3)10)5-11-6(2)9/h5,8H,4H2,1-3H3. The van der Waals surface area contributed by atoms with Crippen molar-refractivity contribution in [2.45, 2.75) is 33.3 Å². The van der Waals surface area contributed by atoms with E-state index in [1.54, 1.807) is 0 Å². The molecule has 0 aliphatic carbocycles. The Balaban J connectivity index is 3.67. The van der Waals surface area contributed by atoms with Crippen molar-refractivity contribution < 1.29 is 19.1 Å². The molecular formula is C8H13O4. The van der Waals surface area contributed by atoms with Crippen molar-refractivity contribution in [2.75, 3.05) is 0 Å². The molecule has 0 N–H and O–H groups in total. The van der Waals surface area contributed by atoms with Crippen molar-refractivity contribution in [1.82, 2.24) is 0 Å². The largest absolute Gasteiger partial charge is 0.458 e. The molecule has 0 spiro atoms. The van der Waals surface area contributed by atoms with Gasteiger partial charge in [0, 0.05) is 13.8 Å². The summed E-state index contributed by atoms with van der Waals surface area (Å²) in [5.74, 6) is -0.800. The van der Waals surface area contributed by atoms with Crippen LogP contribution in [0.15, 0.2) is 0 Å². The Morgan fingerprint density at radius 1 is 1.33 bits per heavy atom. The van der Waals surface area contributed by atoms with Gasteiger partial charge in [0.1, 0.15) is 6.10 Å². The van der Waals surface area contributed by atoms with Crippen molar-refractivity contribution in [3.63, 3.8) is 0 Å². The van der Waals surface area contributed by atoms with E-state index in [0.29, 0.717) is 6.42 Å². The molecule has 4 heteroatoms. The van der Waals surface area contributed by atoms with Gasteiger partial charge >= 0.3 is 11.9 Å². The molecule has 0 saturated heterocycles. The molecule has 0 amide bonds. The average molecular weight is 173 g/mol. The second-order valence-electron chi connectivity index (χ2n) is 2.30. The fourth-order valence-corrected chi connectivity index (χ4v) is 0.592. The van der Waals surface area contributed by atoms with Gasteiger partial charge in [0.2, 0.25) is 0 Å². The highest BCUT2D eigenvalue weighted by Gasteiger charge is 2.11. The minimum absolute atomic E-state index is 0.384. The van der Waals surface area contributed by atoms with Crippen LogP contribution in [-0.2, 0) is 19.1 Å². The second kappa shape index (κ2) is 5.57. The zero-order valence-corrected chi connectivity index (χ0v) is 7.49. The quantitative estimate of drug-likeness (QED) is 0.596. The van der Waals surface area contributed by atoms with Gasteiger partial charge in [0.15, 0.2) is 6.61 Å². The van der Waals surface area contributed by atoms with E-state index in [0.717, 1.165) is 0 Å². The number of ether oxygens (including phenoxy) is 2. The first-order valence-corrected chi connectivity index (χ1v) is 3.74. The molecule has 0 aliphatic rings. The Bertz CT molecular complexity index is 164. The summed E-state index contributed by atoms with van der Waals surface area (Å²) in [5, 5.41) is 0. The van der Waals surface area contributed by atoms with Crippen LogP contribution in [-0.4, -0.2) is 18.0 Å². The first kappa shape index (κ1) is 10.9. The number of rotatable bonds is 4.